The predicted molar refractivity (Wildman–Crippen MR) is 105 cm³/mol. The predicted octanol–water partition coefficient (Wildman–Crippen LogP) is 5.58. The highest BCUT2D eigenvalue weighted by Crippen LogP contribution is 2.55. The first-order chi connectivity index (χ1) is 12.7. The number of carbonyl (C=O) groups excluding carboxylic acids is 1. The molecule has 0 aliphatic heterocycles. The summed E-state index contributed by atoms with van der Waals surface area (Å²) in [5.74, 6) is 0.421. The van der Waals surface area contributed by atoms with Crippen molar-refractivity contribution in [1.29, 1.82) is 0 Å². The molecule has 0 aromatic heterocycles. The van der Waals surface area contributed by atoms with Gasteiger partial charge >= 0.3 is 0 Å². The van der Waals surface area contributed by atoms with Crippen molar-refractivity contribution in [2.75, 3.05) is 5.32 Å². The summed E-state index contributed by atoms with van der Waals surface area (Å²) in [6, 6.07) is 24.5. The Labute approximate surface area is 157 Å². The minimum Gasteiger partial charge on any atom is -0.326 e. The number of halogens is 1. The molecule has 0 saturated heterocycles. The van der Waals surface area contributed by atoms with E-state index in [0.717, 1.165) is 12.1 Å². The smallest absolute Gasteiger partial charge is 0.228 e. The SMILES string of the molecule is O=C(Nc1cccc(Cl)c1)[C@@H]1CC2c3ccccc3C1c1ccccc12. The molecule has 1 amide bonds. The lowest BCUT2D eigenvalue weighted by molar-refractivity contribution is -0.121. The van der Waals surface area contributed by atoms with E-state index in [0.29, 0.717) is 10.9 Å². The Hall–Kier alpha value is -2.58. The van der Waals surface area contributed by atoms with Crippen molar-refractivity contribution in [3.05, 3.63) is 100 Å². The molecule has 0 unspecified atom stereocenters. The first-order valence-corrected chi connectivity index (χ1v) is 9.34. The van der Waals surface area contributed by atoms with Crippen LogP contribution in [0.2, 0.25) is 5.02 Å². The summed E-state index contributed by atoms with van der Waals surface area (Å²) in [5.41, 5.74) is 6.11. The van der Waals surface area contributed by atoms with Crippen molar-refractivity contribution in [2.24, 2.45) is 5.92 Å². The summed E-state index contributed by atoms with van der Waals surface area (Å²) in [7, 11) is 0. The zero-order valence-electron chi connectivity index (χ0n) is 14.2. The van der Waals surface area contributed by atoms with Crippen molar-refractivity contribution in [2.45, 2.75) is 18.3 Å². The molecule has 2 bridgehead atoms. The molecular formula is C23H18ClNO. The maximum atomic E-state index is 13.1. The molecule has 0 heterocycles. The van der Waals surface area contributed by atoms with Crippen LogP contribution in [0.3, 0.4) is 0 Å². The van der Waals surface area contributed by atoms with Crippen LogP contribution in [-0.4, -0.2) is 5.91 Å². The lowest BCUT2D eigenvalue weighted by atomic mass is 9.59. The number of carbonyl (C=O) groups is 1. The summed E-state index contributed by atoms with van der Waals surface area (Å²) in [5, 5.41) is 3.70. The lowest BCUT2D eigenvalue weighted by Crippen LogP contribution is -2.38. The molecule has 128 valence electrons. The maximum Gasteiger partial charge on any atom is 0.228 e. The number of rotatable bonds is 2. The van der Waals surface area contributed by atoms with Crippen LogP contribution in [0.5, 0.6) is 0 Å². The first kappa shape index (κ1) is 15.7. The van der Waals surface area contributed by atoms with Gasteiger partial charge in [0, 0.05) is 22.5 Å². The topological polar surface area (TPSA) is 29.1 Å². The van der Waals surface area contributed by atoms with Gasteiger partial charge in [0.1, 0.15) is 0 Å². The van der Waals surface area contributed by atoms with Gasteiger partial charge in [-0.1, -0.05) is 66.2 Å². The van der Waals surface area contributed by atoms with Crippen LogP contribution in [-0.2, 0) is 4.79 Å². The number of anilines is 1. The highest BCUT2D eigenvalue weighted by Gasteiger charge is 2.45. The van der Waals surface area contributed by atoms with E-state index in [1.54, 1.807) is 6.07 Å². The van der Waals surface area contributed by atoms with Crippen LogP contribution in [0.4, 0.5) is 5.69 Å². The second-order valence-electron chi connectivity index (χ2n) is 7.13. The van der Waals surface area contributed by atoms with Crippen molar-refractivity contribution in [3.8, 4) is 0 Å². The third kappa shape index (κ3) is 2.37. The minimum atomic E-state index is -0.0659. The third-order valence-corrected chi connectivity index (χ3v) is 5.97. The van der Waals surface area contributed by atoms with E-state index in [-0.39, 0.29) is 17.7 Å². The fourth-order valence-corrected chi connectivity index (χ4v) is 4.89. The average Bonchev–Trinajstić information content (AvgIpc) is 2.68. The molecule has 0 saturated carbocycles. The summed E-state index contributed by atoms with van der Waals surface area (Å²) in [6.07, 6.45) is 0.852. The van der Waals surface area contributed by atoms with Crippen molar-refractivity contribution < 1.29 is 4.79 Å². The van der Waals surface area contributed by atoms with Gasteiger partial charge in [0.15, 0.2) is 0 Å². The van der Waals surface area contributed by atoms with Gasteiger partial charge in [0.25, 0.3) is 0 Å². The fourth-order valence-electron chi connectivity index (χ4n) is 4.70. The largest absolute Gasteiger partial charge is 0.326 e. The quantitative estimate of drug-likeness (QED) is 0.636. The van der Waals surface area contributed by atoms with Gasteiger partial charge in [-0.05, 0) is 46.9 Å². The van der Waals surface area contributed by atoms with E-state index in [1.165, 1.54) is 22.3 Å². The second-order valence-corrected chi connectivity index (χ2v) is 7.57. The van der Waals surface area contributed by atoms with Crippen LogP contribution in [0.15, 0.2) is 72.8 Å². The normalized spacial score (nSPS) is 22.4. The molecule has 3 aliphatic carbocycles. The van der Waals surface area contributed by atoms with Crippen LogP contribution < -0.4 is 5.32 Å². The van der Waals surface area contributed by atoms with E-state index in [2.05, 4.69) is 53.8 Å². The highest BCUT2D eigenvalue weighted by molar-refractivity contribution is 6.30. The monoisotopic (exact) mass is 359 g/mol. The Balaban J connectivity index is 1.55. The summed E-state index contributed by atoms with van der Waals surface area (Å²) >= 11 is 6.06. The maximum absolute atomic E-state index is 13.1. The van der Waals surface area contributed by atoms with E-state index in [9.17, 15) is 4.79 Å². The van der Waals surface area contributed by atoms with E-state index >= 15 is 0 Å². The molecule has 1 N–H and O–H groups in total. The molecule has 3 aromatic rings. The van der Waals surface area contributed by atoms with E-state index in [1.807, 2.05) is 18.2 Å². The van der Waals surface area contributed by atoms with Crippen LogP contribution >= 0.6 is 11.6 Å². The van der Waals surface area contributed by atoms with Gasteiger partial charge < -0.3 is 5.32 Å². The molecule has 0 radical (unpaired) electrons. The Bertz CT molecular complexity index is 965. The molecule has 3 aromatic carbocycles. The fraction of sp³-hybridized carbons (Fsp3) is 0.174. The van der Waals surface area contributed by atoms with Crippen molar-refractivity contribution in [1.82, 2.24) is 0 Å². The minimum absolute atomic E-state index is 0.0659. The Morgan fingerprint density at radius 1 is 0.846 bits per heavy atom. The van der Waals surface area contributed by atoms with Gasteiger partial charge in [0.2, 0.25) is 5.91 Å². The van der Waals surface area contributed by atoms with Crippen molar-refractivity contribution in [3.63, 3.8) is 0 Å². The summed E-state index contributed by atoms with van der Waals surface area (Å²) < 4.78 is 0. The van der Waals surface area contributed by atoms with E-state index in [4.69, 9.17) is 11.6 Å². The zero-order chi connectivity index (χ0) is 17.7. The van der Waals surface area contributed by atoms with Gasteiger partial charge in [-0.15, -0.1) is 0 Å². The molecule has 0 fully saturated rings. The van der Waals surface area contributed by atoms with Gasteiger partial charge in [-0.25, -0.2) is 0 Å². The van der Waals surface area contributed by atoms with Gasteiger partial charge in [0.05, 0.1) is 5.92 Å². The lowest BCUT2D eigenvalue weighted by Gasteiger charge is -2.44. The zero-order valence-corrected chi connectivity index (χ0v) is 14.9. The summed E-state index contributed by atoms with van der Waals surface area (Å²) in [6.45, 7) is 0. The molecule has 2 nitrogen and oxygen atoms in total. The standard InChI is InChI=1S/C23H18ClNO/c24-14-6-5-7-15(12-14)25-23(26)21-13-20-16-8-1-3-10-18(16)22(21)19-11-4-2-9-17(19)20/h1-12,20-22H,13H2,(H,25,26)/t20?,21-,22?/m1/s1. The Kier molecular flexibility index (Phi) is 3.61. The third-order valence-electron chi connectivity index (χ3n) is 5.73. The number of hydrogen-bond donors (Lipinski definition) is 1. The molecule has 26 heavy (non-hydrogen) atoms. The molecule has 1 atom stereocenters. The van der Waals surface area contributed by atoms with E-state index < -0.39 is 0 Å². The summed E-state index contributed by atoms with van der Waals surface area (Å²) in [4.78, 5) is 13.1. The van der Waals surface area contributed by atoms with Crippen molar-refractivity contribution >= 4 is 23.2 Å². The Morgan fingerprint density at radius 3 is 2.08 bits per heavy atom. The van der Waals surface area contributed by atoms with Crippen LogP contribution in [0.1, 0.15) is 40.5 Å². The number of hydrogen-bond acceptors (Lipinski definition) is 1. The first-order valence-electron chi connectivity index (χ1n) is 8.96. The molecule has 3 heteroatoms. The molecule has 6 rings (SSSR count). The Morgan fingerprint density at radius 2 is 1.46 bits per heavy atom. The van der Waals surface area contributed by atoms with Gasteiger partial charge in [-0.2, -0.15) is 0 Å². The molecule has 0 spiro atoms. The molecular weight excluding hydrogens is 342 g/mol. The number of benzene rings is 3. The number of nitrogens with one attached hydrogen (secondary N) is 1. The highest BCUT2D eigenvalue weighted by atomic mass is 35.5. The van der Waals surface area contributed by atoms with Crippen LogP contribution in [0, 0.1) is 5.92 Å². The average molecular weight is 360 g/mol. The van der Waals surface area contributed by atoms with Gasteiger partial charge in [-0.3, -0.25) is 4.79 Å². The second kappa shape index (κ2) is 6.00. The molecule has 3 aliphatic rings. The van der Waals surface area contributed by atoms with Crippen LogP contribution in [0.25, 0.3) is 0 Å². The number of fused-ring (bicyclic) bond motifs is 1. The number of amides is 1.